The molecule has 36 heavy (non-hydrogen) atoms. The lowest BCUT2D eigenvalue weighted by Crippen LogP contribution is -2.52. The molecule has 202 valence electrons. The number of nitrogens with one attached hydrogen (secondary N) is 2. The quantitative estimate of drug-likeness (QED) is 0.416. The first-order valence-corrected chi connectivity index (χ1v) is 12.6. The number of ether oxygens (including phenoxy) is 2. The van der Waals surface area contributed by atoms with Gasteiger partial charge in [-0.05, 0) is 66.0 Å². The molecule has 1 aromatic carbocycles. The predicted octanol–water partition coefficient (Wildman–Crippen LogP) is 3.96. The van der Waals surface area contributed by atoms with Crippen LogP contribution in [0.3, 0.4) is 0 Å². The average Bonchev–Trinajstić information content (AvgIpc) is 2.76. The van der Waals surface area contributed by atoms with Gasteiger partial charge in [-0.2, -0.15) is 0 Å². The van der Waals surface area contributed by atoms with Crippen molar-refractivity contribution < 1.29 is 28.7 Å². The zero-order chi connectivity index (χ0) is 27.5. The molecule has 1 rings (SSSR count). The third-order valence-electron chi connectivity index (χ3n) is 5.36. The number of amides is 3. The van der Waals surface area contributed by atoms with Crippen LogP contribution in [-0.4, -0.2) is 60.1 Å². The van der Waals surface area contributed by atoms with Gasteiger partial charge in [0.2, 0.25) is 11.8 Å². The number of hydrogen-bond donors (Lipinski definition) is 2. The van der Waals surface area contributed by atoms with Crippen LogP contribution in [-0.2, 0) is 23.9 Å². The molecule has 0 aliphatic carbocycles. The summed E-state index contributed by atoms with van der Waals surface area (Å²) in [4.78, 5) is 52.7. The van der Waals surface area contributed by atoms with Crippen LogP contribution in [0.15, 0.2) is 18.2 Å². The molecule has 2 unspecified atom stereocenters. The fraction of sp³-hybridized carbons (Fsp3) is 0.630. The number of esters is 1. The van der Waals surface area contributed by atoms with Crippen LogP contribution in [0.4, 0.5) is 4.79 Å². The van der Waals surface area contributed by atoms with Crippen molar-refractivity contribution in [3.63, 3.8) is 0 Å². The van der Waals surface area contributed by atoms with Crippen LogP contribution >= 0.6 is 0 Å². The second kappa shape index (κ2) is 14.5. The van der Waals surface area contributed by atoms with Crippen molar-refractivity contribution >= 4 is 23.9 Å². The zero-order valence-electron chi connectivity index (χ0n) is 23.0. The maximum Gasteiger partial charge on any atom is 0.408 e. The summed E-state index contributed by atoms with van der Waals surface area (Å²) in [6, 6.07) is 3.89. The molecule has 0 radical (unpaired) electrons. The Hall–Kier alpha value is -3.10. The first-order valence-electron chi connectivity index (χ1n) is 12.6. The van der Waals surface area contributed by atoms with Gasteiger partial charge in [0.25, 0.3) is 0 Å². The van der Waals surface area contributed by atoms with E-state index in [1.807, 2.05) is 39.0 Å². The first-order chi connectivity index (χ1) is 16.8. The number of carbonyl (C=O) groups excluding carboxylic acids is 4. The van der Waals surface area contributed by atoms with Gasteiger partial charge in [-0.15, -0.1) is 0 Å². The second-order valence-corrected chi connectivity index (χ2v) is 9.86. The van der Waals surface area contributed by atoms with Gasteiger partial charge in [-0.25, -0.2) is 4.79 Å². The average molecular weight is 506 g/mol. The molecule has 9 heteroatoms. The number of rotatable bonds is 12. The monoisotopic (exact) mass is 505 g/mol. The van der Waals surface area contributed by atoms with E-state index in [2.05, 4.69) is 10.6 Å². The van der Waals surface area contributed by atoms with E-state index in [1.165, 1.54) is 4.90 Å². The van der Waals surface area contributed by atoms with Gasteiger partial charge < -0.3 is 25.0 Å². The SMILES string of the molecule is CCCCN(C(=O)C(C)NC(=O)OC(C)(C)C)C(C(=O)NCCC(=O)OCC)c1cc(C)ccc1C. The molecule has 0 spiro atoms. The lowest BCUT2D eigenvalue weighted by atomic mass is 9.96. The standard InChI is InChI=1S/C27H43N3O6/c1-9-11-16-30(25(33)20(5)29-26(34)36-27(6,7)8)23(21-17-18(3)12-13-19(21)4)24(32)28-15-14-22(31)35-10-2/h12-13,17,20,23H,9-11,14-16H2,1-8H3,(H,28,32)(H,29,34). The summed E-state index contributed by atoms with van der Waals surface area (Å²) >= 11 is 0. The summed E-state index contributed by atoms with van der Waals surface area (Å²) in [6.45, 7) is 15.0. The van der Waals surface area contributed by atoms with Crippen molar-refractivity contribution in [3.05, 3.63) is 34.9 Å². The van der Waals surface area contributed by atoms with E-state index in [-0.39, 0.29) is 19.6 Å². The lowest BCUT2D eigenvalue weighted by molar-refractivity contribution is -0.144. The molecular weight excluding hydrogens is 462 g/mol. The highest BCUT2D eigenvalue weighted by Crippen LogP contribution is 2.27. The molecule has 0 fully saturated rings. The number of carbonyl (C=O) groups is 4. The molecule has 0 bridgehead atoms. The van der Waals surface area contributed by atoms with Crippen LogP contribution in [0.25, 0.3) is 0 Å². The van der Waals surface area contributed by atoms with Crippen LogP contribution < -0.4 is 10.6 Å². The third-order valence-corrected chi connectivity index (χ3v) is 5.36. The van der Waals surface area contributed by atoms with E-state index in [0.29, 0.717) is 18.5 Å². The second-order valence-electron chi connectivity index (χ2n) is 9.86. The molecule has 0 aromatic heterocycles. The minimum absolute atomic E-state index is 0.0264. The fourth-order valence-corrected chi connectivity index (χ4v) is 3.61. The molecule has 1 aromatic rings. The Labute approximate surface area is 215 Å². The molecule has 0 aliphatic heterocycles. The molecule has 0 heterocycles. The van der Waals surface area contributed by atoms with E-state index in [9.17, 15) is 19.2 Å². The Morgan fingerprint density at radius 1 is 1.08 bits per heavy atom. The molecule has 0 aliphatic rings. The molecule has 2 atom stereocenters. The Kier molecular flexibility index (Phi) is 12.4. The van der Waals surface area contributed by atoms with E-state index < -0.39 is 41.6 Å². The van der Waals surface area contributed by atoms with Crippen LogP contribution in [0, 0.1) is 13.8 Å². The number of unbranched alkanes of at least 4 members (excludes halogenated alkanes) is 1. The number of nitrogens with zero attached hydrogens (tertiary/aromatic N) is 1. The summed E-state index contributed by atoms with van der Waals surface area (Å²) in [5.74, 6) is -1.21. The van der Waals surface area contributed by atoms with Crippen molar-refractivity contribution in [2.45, 2.75) is 92.3 Å². The minimum atomic E-state index is -0.936. The van der Waals surface area contributed by atoms with Gasteiger partial charge in [0.15, 0.2) is 0 Å². The van der Waals surface area contributed by atoms with E-state index in [1.54, 1.807) is 34.6 Å². The topological polar surface area (TPSA) is 114 Å². The van der Waals surface area contributed by atoms with Gasteiger partial charge in [0, 0.05) is 13.1 Å². The molecule has 3 amide bonds. The van der Waals surface area contributed by atoms with Crippen LogP contribution in [0.1, 0.15) is 83.5 Å². The maximum atomic E-state index is 13.6. The van der Waals surface area contributed by atoms with Crippen LogP contribution in [0.2, 0.25) is 0 Å². The maximum absolute atomic E-state index is 13.6. The highest BCUT2D eigenvalue weighted by atomic mass is 16.6. The number of hydrogen-bond acceptors (Lipinski definition) is 6. The summed E-state index contributed by atoms with van der Waals surface area (Å²) in [7, 11) is 0. The zero-order valence-corrected chi connectivity index (χ0v) is 23.0. The predicted molar refractivity (Wildman–Crippen MR) is 138 cm³/mol. The van der Waals surface area contributed by atoms with Gasteiger partial charge in [0.1, 0.15) is 17.7 Å². The number of aryl methyl sites for hydroxylation is 2. The van der Waals surface area contributed by atoms with E-state index in [4.69, 9.17) is 9.47 Å². The normalized spacial score (nSPS) is 12.8. The Morgan fingerprint density at radius 2 is 1.75 bits per heavy atom. The van der Waals surface area contributed by atoms with Crippen molar-refractivity contribution in [1.82, 2.24) is 15.5 Å². The van der Waals surface area contributed by atoms with E-state index >= 15 is 0 Å². The Balaban J connectivity index is 3.30. The molecule has 9 nitrogen and oxygen atoms in total. The van der Waals surface area contributed by atoms with Gasteiger partial charge >= 0.3 is 12.1 Å². The van der Waals surface area contributed by atoms with Gasteiger partial charge in [-0.3, -0.25) is 14.4 Å². The fourth-order valence-electron chi connectivity index (χ4n) is 3.61. The number of alkyl carbamates (subject to hydrolysis) is 1. The summed E-state index contributed by atoms with van der Waals surface area (Å²) in [5, 5.41) is 5.39. The first kappa shape index (κ1) is 30.9. The van der Waals surface area contributed by atoms with Gasteiger partial charge in [0.05, 0.1) is 13.0 Å². The van der Waals surface area contributed by atoms with Crippen molar-refractivity contribution in [1.29, 1.82) is 0 Å². The highest BCUT2D eigenvalue weighted by Gasteiger charge is 2.35. The van der Waals surface area contributed by atoms with Crippen LogP contribution in [0.5, 0.6) is 0 Å². The minimum Gasteiger partial charge on any atom is -0.466 e. The molecular formula is C27H43N3O6. The Bertz CT molecular complexity index is 909. The molecule has 2 N–H and O–H groups in total. The molecule has 0 saturated heterocycles. The van der Waals surface area contributed by atoms with Crippen molar-refractivity contribution in [3.8, 4) is 0 Å². The van der Waals surface area contributed by atoms with Gasteiger partial charge in [-0.1, -0.05) is 37.1 Å². The highest BCUT2D eigenvalue weighted by molar-refractivity contribution is 5.92. The molecule has 0 saturated carbocycles. The van der Waals surface area contributed by atoms with E-state index in [0.717, 1.165) is 17.5 Å². The van der Waals surface area contributed by atoms with Crippen molar-refractivity contribution in [2.24, 2.45) is 0 Å². The van der Waals surface area contributed by atoms with Crippen molar-refractivity contribution in [2.75, 3.05) is 19.7 Å². The number of benzene rings is 1. The third kappa shape index (κ3) is 10.3. The summed E-state index contributed by atoms with van der Waals surface area (Å²) in [6.07, 6.45) is 0.795. The largest absolute Gasteiger partial charge is 0.466 e. The summed E-state index contributed by atoms with van der Waals surface area (Å²) in [5.41, 5.74) is 1.78. The lowest BCUT2D eigenvalue weighted by Gasteiger charge is -2.34. The smallest absolute Gasteiger partial charge is 0.408 e. The summed E-state index contributed by atoms with van der Waals surface area (Å²) < 4.78 is 10.2. The Morgan fingerprint density at radius 3 is 2.33 bits per heavy atom.